The minimum Gasteiger partial charge on any atom is -0.449 e. The van der Waals surface area contributed by atoms with E-state index >= 15 is 0 Å². The van der Waals surface area contributed by atoms with E-state index in [1.54, 1.807) is 18.2 Å². The lowest BCUT2D eigenvalue weighted by Crippen LogP contribution is -2.37. The Hall–Kier alpha value is -1.75. The van der Waals surface area contributed by atoms with Crippen LogP contribution in [0.2, 0.25) is 0 Å². The average Bonchev–Trinajstić information content (AvgIpc) is 2.48. The first-order valence-corrected chi connectivity index (χ1v) is 7.75. The van der Waals surface area contributed by atoms with Crippen LogP contribution in [0.1, 0.15) is 51.5 Å². The molecule has 1 saturated carbocycles. The molecule has 1 aliphatic carbocycles. The summed E-state index contributed by atoms with van der Waals surface area (Å²) in [4.78, 5) is 21.8. The zero-order chi connectivity index (χ0) is 16.2. The normalized spacial score (nSPS) is 16.3. The van der Waals surface area contributed by atoms with E-state index in [1.165, 1.54) is 19.3 Å². The number of benzene rings is 1. The molecular formula is C17H24O5. The van der Waals surface area contributed by atoms with Crippen molar-refractivity contribution in [2.24, 2.45) is 5.92 Å². The minimum absolute atomic E-state index is 0.137. The van der Waals surface area contributed by atoms with Gasteiger partial charge in [0.1, 0.15) is 5.60 Å². The van der Waals surface area contributed by atoms with Gasteiger partial charge in [-0.25, -0.2) is 4.79 Å². The molecule has 0 aromatic heterocycles. The maximum Gasteiger partial charge on any atom is 0.511 e. The quantitative estimate of drug-likeness (QED) is 0.369. The molecular weight excluding hydrogens is 284 g/mol. The second kappa shape index (κ2) is 7.01. The van der Waals surface area contributed by atoms with Crippen LogP contribution in [0.15, 0.2) is 18.2 Å². The van der Waals surface area contributed by atoms with E-state index in [-0.39, 0.29) is 11.5 Å². The molecule has 22 heavy (non-hydrogen) atoms. The molecule has 0 bridgehead atoms. The number of rotatable bonds is 5. The third-order valence-electron chi connectivity index (χ3n) is 4.23. The number of hydrogen-bond donors (Lipinski definition) is 1. The van der Waals surface area contributed by atoms with Crippen molar-refractivity contribution < 1.29 is 24.4 Å². The molecule has 1 aliphatic rings. The van der Waals surface area contributed by atoms with E-state index in [1.807, 2.05) is 20.8 Å². The predicted molar refractivity (Wildman–Crippen MR) is 82.2 cm³/mol. The molecule has 5 heteroatoms. The summed E-state index contributed by atoms with van der Waals surface area (Å²) < 4.78 is 4.72. The molecule has 0 heterocycles. The number of carboxylic acid groups (broad SMARTS) is 1. The molecule has 0 amide bonds. The topological polar surface area (TPSA) is 65.0 Å². The second-order valence-electron chi connectivity index (χ2n) is 6.42. The highest BCUT2D eigenvalue weighted by Crippen LogP contribution is 2.36. The van der Waals surface area contributed by atoms with Gasteiger partial charge in [-0.1, -0.05) is 25.3 Å². The van der Waals surface area contributed by atoms with Crippen LogP contribution in [-0.4, -0.2) is 16.9 Å². The van der Waals surface area contributed by atoms with Gasteiger partial charge in [-0.15, -0.1) is 0 Å². The Morgan fingerprint density at radius 3 is 2.50 bits per heavy atom. The third-order valence-corrected chi connectivity index (χ3v) is 4.23. The summed E-state index contributed by atoms with van der Waals surface area (Å²) in [5.41, 5.74) is 0.511. The first-order chi connectivity index (χ1) is 10.4. The van der Waals surface area contributed by atoms with Gasteiger partial charge >= 0.3 is 6.16 Å². The molecule has 122 valence electrons. The lowest BCUT2D eigenvalue weighted by atomic mass is 9.79. The molecule has 0 aliphatic heterocycles. The molecule has 1 aromatic carbocycles. The summed E-state index contributed by atoms with van der Waals surface area (Å²) in [6.45, 7) is 5.91. The zero-order valence-corrected chi connectivity index (χ0v) is 13.4. The van der Waals surface area contributed by atoms with Gasteiger partial charge in [0.15, 0.2) is 5.75 Å². The molecule has 0 radical (unpaired) electrons. The fourth-order valence-corrected chi connectivity index (χ4v) is 2.88. The summed E-state index contributed by atoms with van der Waals surface area (Å²) in [5.74, 6) is 0.860. The SMILES string of the molecule is Cc1ccc(OC(=O)O)c(OOC(C)(C)C2CCCCC2)c1. The van der Waals surface area contributed by atoms with E-state index in [9.17, 15) is 4.79 Å². The molecule has 0 saturated heterocycles. The zero-order valence-electron chi connectivity index (χ0n) is 13.4. The number of aryl methyl sites for hydroxylation is 1. The van der Waals surface area contributed by atoms with Gasteiger partial charge in [0.25, 0.3) is 0 Å². The first kappa shape index (κ1) is 16.6. The van der Waals surface area contributed by atoms with Crippen LogP contribution in [-0.2, 0) is 4.89 Å². The summed E-state index contributed by atoms with van der Waals surface area (Å²) >= 11 is 0. The van der Waals surface area contributed by atoms with Crippen LogP contribution in [0.25, 0.3) is 0 Å². The van der Waals surface area contributed by atoms with Crippen molar-refractivity contribution in [2.45, 2.75) is 58.5 Å². The molecule has 1 aromatic rings. The maximum absolute atomic E-state index is 10.7. The molecule has 0 spiro atoms. The lowest BCUT2D eigenvalue weighted by molar-refractivity contribution is -0.299. The van der Waals surface area contributed by atoms with E-state index in [0.29, 0.717) is 5.92 Å². The van der Waals surface area contributed by atoms with Crippen molar-refractivity contribution in [1.82, 2.24) is 0 Å². The Morgan fingerprint density at radius 2 is 1.86 bits per heavy atom. The highest BCUT2D eigenvalue weighted by Gasteiger charge is 2.33. The Balaban J connectivity index is 2.06. The minimum atomic E-state index is -1.37. The highest BCUT2D eigenvalue weighted by molar-refractivity contribution is 5.63. The lowest BCUT2D eigenvalue weighted by Gasteiger charge is -2.35. The van der Waals surface area contributed by atoms with Crippen molar-refractivity contribution in [3.63, 3.8) is 0 Å². The molecule has 0 unspecified atom stereocenters. The number of carbonyl (C=O) groups is 1. The van der Waals surface area contributed by atoms with Crippen molar-refractivity contribution >= 4 is 6.16 Å². The standard InChI is InChI=1S/C17H24O5/c1-12-9-10-14(20-16(18)19)15(11-12)21-22-17(2,3)13-7-5-4-6-8-13/h9-11,13H,4-8H2,1-3H3,(H,18,19). The highest BCUT2D eigenvalue weighted by atomic mass is 17.2. The van der Waals surface area contributed by atoms with Gasteiger partial charge in [0, 0.05) is 0 Å². The Bertz CT molecular complexity index is 518. The van der Waals surface area contributed by atoms with Gasteiger partial charge in [-0.2, -0.15) is 4.89 Å². The Labute approximate surface area is 131 Å². The summed E-state index contributed by atoms with van der Waals surface area (Å²) in [6.07, 6.45) is 4.60. The summed E-state index contributed by atoms with van der Waals surface area (Å²) in [7, 11) is 0. The molecule has 5 nitrogen and oxygen atoms in total. The maximum atomic E-state index is 10.7. The molecule has 0 atom stereocenters. The second-order valence-corrected chi connectivity index (χ2v) is 6.42. The van der Waals surface area contributed by atoms with Crippen LogP contribution in [0.3, 0.4) is 0 Å². The fraction of sp³-hybridized carbons (Fsp3) is 0.588. The first-order valence-electron chi connectivity index (χ1n) is 7.75. The Kier molecular flexibility index (Phi) is 5.29. The molecule has 1 fully saturated rings. The van der Waals surface area contributed by atoms with Crippen LogP contribution >= 0.6 is 0 Å². The smallest absolute Gasteiger partial charge is 0.449 e. The van der Waals surface area contributed by atoms with E-state index in [2.05, 4.69) is 0 Å². The number of hydrogen-bond acceptors (Lipinski definition) is 4. The van der Waals surface area contributed by atoms with Crippen molar-refractivity contribution in [3.05, 3.63) is 23.8 Å². The third kappa shape index (κ3) is 4.37. The summed E-state index contributed by atoms with van der Waals surface area (Å²) in [6, 6.07) is 5.03. The molecule has 2 rings (SSSR count). The summed E-state index contributed by atoms with van der Waals surface area (Å²) in [5, 5.41) is 8.77. The van der Waals surface area contributed by atoms with Crippen LogP contribution in [0.4, 0.5) is 4.79 Å². The van der Waals surface area contributed by atoms with Crippen LogP contribution in [0, 0.1) is 12.8 Å². The van der Waals surface area contributed by atoms with E-state index < -0.39 is 11.8 Å². The van der Waals surface area contributed by atoms with Gasteiger partial charge in [-0.3, -0.25) is 0 Å². The van der Waals surface area contributed by atoms with Gasteiger partial charge < -0.3 is 14.7 Å². The average molecular weight is 308 g/mol. The number of ether oxygens (including phenoxy) is 1. The molecule has 1 N–H and O–H groups in total. The van der Waals surface area contributed by atoms with Crippen LogP contribution < -0.4 is 9.62 Å². The Morgan fingerprint density at radius 1 is 1.18 bits per heavy atom. The predicted octanol–water partition coefficient (Wildman–Crippen LogP) is 4.72. The van der Waals surface area contributed by atoms with E-state index in [4.69, 9.17) is 19.6 Å². The monoisotopic (exact) mass is 308 g/mol. The van der Waals surface area contributed by atoms with Gasteiger partial charge in [-0.05, 0) is 57.2 Å². The van der Waals surface area contributed by atoms with Crippen molar-refractivity contribution in [1.29, 1.82) is 0 Å². The van der Waals surface area contributed by atoms with E-state index in [0.717, 1.165) is 18.4 Å². The van der Waals surface area contributed by atoms with Crippen LogP contribution in [0.5, 0.6) is 11.5 Å². The van der Waals surface area contributed by atoms with Gasteiger partial charge in [0.05, 0.1) is 0 Å². The van der Waals surface area contributed by atoms with Crippen molar-refractivity contribution in [3.8, 4) is 11.5 Å². The largest absolute Gasteiger partial charge is 0.511 e. The van der Waals surface area contributed by atoms with Gasteiger partial charge in [0.2, 0.25) is 5.75 Å². The fourth-order valence-electron chi connectivity index (χ4n) is 2.88. The van der Waals surface area contributed by atoms with Crippen molar-refractivity contribution in [2.75, 3.05) is 0 Å².